The maximum atomic E-state index is 11.8. The smallest absolute Gasteiger partial charge is 0.250 e. The summed E-state index contributed by atoms with van der Waals surface area (Å²) in [6, 6.07) is 14.3. The molecule has 1 aromatic heterocycles. The van der Waals surface area contributed by atoms with Crippen molar-refractivity contribution in [3.05, 3.63) is 60.2 Å². The number of carbonyl (C=O) groups excluding carboxylic acids is 1. The molecule has 0 saturated heterocycles. The predicted octanol–water partition coefficient (Wildman–Crippen LogP) is 3.65. The molecule has 3 rings (SSSR count). The van der Waals surface area contributed by atoms with Gasteiger partial charge >= 0.3 is 0 Å². The van der Waals surface area contributed by atoms with Gasteiger partial charge in [-0.15, -0.1) is 0 Å². The van der Waals surface area contributed by atoms with Crippen molar-refractivity contribution >= 4 is 38.7 Å². The number of nitrogens with zero attached hydrogens (tertiary/aromatic N) is 1. The molecule has 0 unspecified atom stereocenters. The van der Waals surface area contributed by atoms with Crippen molar-refractivity contribution in [2.45, 2.75) is 0 Å². The lowest BCUT2D eigenvalue weighted by molar-refractivity contribution is -0.111. The molecule has 0 atom stereocenters. The highest BCUT2D eigenvalue weighted by atomic mass is 32.1. The van der Waals surface area contributed by atoms with Gasteiger partial charge < -0.3 is 5.11 Å². The van der Waals surface area contributed by atoms with Crippen LogP contribution in [-0.2, 0) is 4.79 Å². The number of hydrogen-bond acceptors (Lipinski definition) is 4. The Labute approximate surface area is 125 Å². The number of aromatic hydroxyl groups is 1. The van der Waals surface area contributed by atoms with Crippen LogP contribution in [0.15, 0.2) is 54.6 Å². The third kappa shape index (κ3) is 3.27. The summed E-state index contributed by atoms with van der Waals surface area (Å²) in [6.07, 6.45) is 3.13. The van der Waals surface area contributed by atoms with Crippen molar-refractivity contribution < 1.29 is 9.90 Å². The molecule has 0 spiro atoms. The fourth-order valence-electron chi connectivity index (χ4n) is 1.83. The molecule has 0 radical (unpaired) electrons. The maximum Gasteiger partial charge on any atom is 0.250 e. The molecule has 4 nitrogen and oxygen atoms in total. The monoisotopic (exact) mass is 296 g/mol. The number of carbonyl (C=O) groups is 1. The van der Waals surface area contributed by atoms with Crippen molar-refractivity contribution in [2.24, 2.45) is 0 Å². The Bertz CT molecular complexity index is 774. The normalized spacial score (nSPS) is 11.0. The fourth-order valence-corrected chi connectivity index (χ4v) is 2.70. The van der Waals surface area contributed by atoms with Gasteiger partial charge in [-0.2, -0.15) is 0 Å². The van der Waals surface area contributed by atoms with E-state index in [0.717, 1.165) is 15.8 Å². The van der Waals surface area contributed by atoms with Crippen LogP contribution in [0.3, 0.4) is 0 Å². The largest absolute Gasteiger partial charge is 0.508 e. The Balaban J connectivity index is 1.69. The van der Waals surface area contributed by atoms with Crippen LogP contribution < -0.4 is 5.32 Å². The van der Waals surface area contributed by atoms with Crippen molar-refractivity contribution in [3.8, 4) is 5.75 Å². The minimum Gasteiger partial charge on any atom is -0.508 e. The molecule has 0 aliphatic rings. The van der Waals surface area contributed by atoms with Gasteiger partial charge in [0, 0.05) is 6.08 Å². The molecule has 2 N–H and O–H groups in total. The number of phenols is 1. The van der Waals surface area contributed by atoms with Gasteiger partial charge in [0.25, 0.3) is 0 Å². The number of rotatable bonds is 3. The molecule has 2 aromatic carbocycles. The lowest BCUT2D eigenvalue weighted by Crippen LogP contribution is -2.07. The zero-order chi connectivity index (χ0) is 14.7. The maximum absolute atomic E-state index is 11.8. The summed E-state index contributed by atoms with van der Waals surface area (Å²) in [5.74, 6) is -0.0341. The number of fused-ring (bicyclic) bond motifs is 1. The first-order valence-corrected chi connectivity index (χ1v) is 7.16. The lowest BCUT2D eigenvalue weighted by atomic mass is 10.2. The SMILES string of the molecule is O=C(/C=C/c1ccc(O)cc1)Nc1nc2ccccc2s1. The molecule has 3 aromatic rings. The van der Waals surface area contributed by atoms with Gasteiger partial charge in [0.05, 0.1) is 10.2 Å². The van der Waals surface area contributed by atoms with E-state index in [1.54, 1.807) is 30.3 Å². The summed E-state index contributed by atoms with van der Waals surface area (Å²) in [5, 5.41) is 12.5. The van der Waals surface area contributed by atoms with Gasteiger partial charge in [-0.1, -0.05) is 35.6 Å². The summed E-state index contributed by atoms with van der Waals surface area (Å²) < 4.78 is 1.04. The van der Waals surface area contributed by atoms with Crippen LogP contribution in [0.25, 0.3) is 16.3 Å². The van der Waals surface area contributed by atoms with Crippen molar-refractivity contribution in [2.75, 3.05) is 5.32 Å². The first-order valence-electron chi connectivity index (χ1n) is 6.34. The van der Waals surface area contributed by atoms with E-state index < -0.39 is 0 Å². The first-order chi connectivity index (χ1) is 10.2. The van der Waals surface area contributed by atoms with Crippen molar-refractivity contribution in [1.82, 2.24) is 4.98 Å². The number of phenolic OH excluding ortho intramolecular Hbond substituents is 1. The van der Waals surface area contributed by atoms with Crippen molar-refractivity contribution in [1.29, 1.82) is 0 Å². The molecule has 5 heteroatoms. The summed E-state index contributed by atoms with van der Waals surface area (Å²) >= 11 is 1.44. The topological polar surface area (TPSA) is 62.2 Å². The van der Waals surface area contributed by atoms with Gasteiger partial charge in [0.15, 0.2) is 5.13 Å². The first kappa shape index (κ1) is 13.3. The number of amides is 1. The van der Waals surface area contributed by atoms with E-state index in [1.165, 1.54) is 17.4 Å². The van der Waals surface area contributed by atoms with Crippen LogP contribution in [0.2, 0.25) is 0 Å². The zero-order valence-corrected chi connectivity index (χ0v) is 11.8. The molecule has 0 aliphatic heterocycles. The molecule has 0 bridgehead atoms. The molecule has 104 valence electrons. The average molecular weight is 296 g/mol. The van der Waals surface area contributed by atoms with Gasteiger partial charge in [-0.3, -0.25) is 10.1 Å². The van der Waals surface area contributed by atoms with E-state index in [1.807, 2.05) is 24.3 Å². The van der Waals surface area contributed by atoms with E-state index in [-0.39, 0.29) is 11.7 Å². The molecule has 21 heavy (non-hydrogen) atoms. The number of para-hydroxylation sites is 1. The van der Waals surface area contributed by atoms with Crippen LogP contribution in [0.4, 0.5) is 5.13 Å². The van der Waals surface area contributed by atoms with Crippen LogP contribution >= 0.6 is 11.3 Å². The Morgan fingerprint density at radius 1 is 1.14 bits per heavy atom. The molecule has 1 amide bonds. The molecule has 1 heterocycles. The van der Waals surface area contributed by atoms with Crippen LogP contribution in [-0.4, -0.2) is 16.0 Å². The highest BCUT2D eigenvalue weighted by Gasteiger charge is 2.04. The number of anilines is 1. The Kier molecular flexibility index (Phi) is 3.66. The van der Waals surface area contributed by atoms with Crippen LogP contribution in [0, 0.1) is 0 Å². The summed E-state index contributed by atoms with van der Waals surface area (Å²) in [4.78, 5) is 16.2. The van der Waals surface area contributed by atoms with E-state index in [0.29, 0.717) is 5.13 Å². The molecular formula is C16H12N2O2S. The minimum atomic E-state index is -0.234. The van der Waals surface area contributed by atoms with Crippen LogP contribution in [0.1, 0.15) is 5.56 Å². The van der Waals surface area contributed by atoms with E-state index in [4.69, 9.17) is 0 Å². The second-order valence-electron chi connectivity index (χ2n) is 4.40. The molecule has 0 aliphatic carbocycles. The zero-order valence-electron chi connectivity index (χ0n) is 11.0. The fraction of sp³-hybridized carbons (Fsp3) is 0. The average Bonchev–Trinajstić information content (AvgIpc) is 2.88. The standard InChI is InChI=1S/C16H12N2O2S/c19-12-8-5-11(6-9-12)7-10-15(20)18-16-17-13-3-1-2-4-14(13)21-16/h1-10,19H,(H,17,18,20)/b10-7+. The number of aromatic nitrogens is 1. The Morgan fingerprint density at radius 3 is 2.67 bits per heavy atom. The lowest BCUT2D eigenvalue weighted by Gasteiger charge is -1.96. The second-order valence-corrected chi connectivity index (χ2v) is 5.43. The van der Waals surface area contributed by atoms with Gasteiger partial charge in [0.2, 0.25) is 5.91 Å². The highest BCUT2D eigenvalue weighted by molar-refractivity contribution is 7.22. The molecule has 0 saturated carbocycles. The molecular weight excluding hydrogens is 284 g/mol. The second kappa shape index (κ2) is 5.76. The minimum absolute atomic E-state index is 0.200. The summed E-state index contributed by atoms with van der Waals surface area (Å²) in [6.45, 7) is 0. The summed E-state index contributed by atoms with van der Waals surface area (Å²) in [5.41, 5.74) is 1.72. The number of benzene rings is 2. The summed E-state index contributed by atoms with van der Waals surface area (Å²) in [7, 11) is 0. The quantitative estimate of drug-likeness (QED) is 0.725. The number of thiazole rings is 1. The van der Waals surface area contributed by atoms with E-state index in [2.05, 4.69) is 10.3 Å². The van der Waals surface area contributed by atoms with Crippen LogP contribution in [0.5, 0.6) is 5.75 Å². The van der Waals surface area contributed by atoms with E-state index >= 15 is 0 Å². The Morgan fingerprint density at radius 2 is 1.90 bits per heavy atom. The third-order valence-electron chi connectivity index (χ3n) is 2.84. The van der Waals surface area contributed by atoms with Gasteiger partial charge in [-0.25, -0.2) is 4.98 Å². The number of hydrogen-bond donors (Lipinski definition) is 2. The number of nitrogens with one attached hydrogen (secondary N) is 1. The highest BCUT2D eigenvalue weighted by Crippen LogP contribution is 2.25. The van der Waals surface area contributed by atoms with Crippen molar-refractivity contribution in [3.63, 3.8) is 0 Å². The van der Waals surface area contributed by atoms with Gasteiger partial charge in [0.1, 0.15) is 5.75 Å². The predicted molar refractivity (Wildman–Crippen MR) is 85.4 cm³/mol. The molecule has 0 fully saturated rings. The Hall–Kier alpha value is -2.66. The third-order valence-corrected chi connectivity index (χ3v) is 3.80. The van der Waals surface area contributed by atoms with E-state index in [9.17, 15) is 9.90 Å². The van der Waals surface area contributed by atoms with Gasteiger partial charge in [-0.05, 0) is 35.9 Å².